The van der Waals surface area contributed by atoms with Gasteiger partial charge in [0.25, 0.3) is 0 Å². The monoisotopic (exact) mass is 602 g/mol. The Morgan fingerprint density at radius 2 is 0.800 bits per heavy atom. The van der Waals surface area contributed by atoms with E-state index in [4.69, 9.17) is 18.9 Å². The molecular formula is C39H38O6. The molecule has 0 saturated carbocycles. The van der Waals surface area contributed by atoms with Crippen LogP contribution in [-0.2, 0) is 39.7 Å². The number of hydrogen-bond acceptors (Lipinski definition) is 6. The zero-order valence-electron chi connectivity index (χ0n) is 26.1. The number of benzene rings is 4. The lowest BCUT2D eigenvalue weighted by atomic mass is 9.71. The van der Waals surface area contributed by atoms with Gasteiger partial charge >= 0.3 is 11.9 Å². The van der Waals surface area contributed by atoms with Gasteiger partial charge < -0.3 is 18.9 Å². The minimum absolute atomic E-state index is 0.215. The average Bonchev–Trinajstić information content (AvgIpc) is 3.39. The average molecular weight is 603 g/mol. The van der Waals surface area contributed by atoms with Crippen molar-refractivity contribution in [3.8, 4) is 0 Å². The van der Waals surface area contributed by atoms with Crippen molar-refractivity contribution >= 4 is 11.9 Å². The molecule has 6 heteroatoms. The first-order chi connectivity index (χ1) is 21.5. The molecule has 2 atom stereocenters. The van der Waals surface area contributed by atoms with Crippen molar-refractivity contribution in [1.29, 1.82) is 0 Å². The van der Waals surface area contributed by atoms with Gasteiger partial charge in [-0.1, -0.05) is 134 Å². The van der Waals surface area contributed by atoms with Crippen LogP contribution in [0.5, 0.6) is 0 Å². The second-order valence-corrected chi connectivity index (χ2v) is 11.8. The van der Waals surface area contributed by atoms with Gasteiger partial charge in [0.1, 0.15) is 12.2 Å². The summed E-state index contributed by atoms with van der Waals surface area (Å²) in [6.07, 6.45) is -2.11. The van der Waals surface area contributed by atoms with Gasteiger partial charge in [-0.25, -0.2) is 9.59 Å². The molecule has 1 aliphatic rings. The predicted molar refractivity (Wildman–Crippen MR) is 173 cm³/mol. The van der Waals surface area contributed by atoms with Crippen LogP contribution in [0.3, 0.4) is 0 Å². The lowest BCUT2D eigenvalue weighted by molar-refractivity contribution is -0.186. The molecule has 0 aromatic heterocycles. The predicted octanol–water partition coefficient (Wildman–Crippen LogP) is 7.63. The van der Waals surface area contributed by atoms with Gasteiger partial charge in [-0.15, -0.1) is 0 Å². The van der Waals surface area contributed by atoms with Crippen LogP contribution in [0.4, 0.5) is 0 Å². The van der Waals surface area contributed by atoms with Crippen LogP contribution in [0.2, 0.25) is 0 Å². The van der Waals surface area contributed by atoms with Crippen LogP contribution in [0.25, 0.3) is 0 Å². The Morgan fingerprint density at radius 1 is 0.556 bits per heavy atom. The zero-order valence-corrected chi connectivity index (χ0v) is 26.1. The topological polar surface area (TPSA) is 71.1 Å². The second-order valence-electron chi connectivity index (χ2n) is 11.8. The van der Waals surface area contributed by atoms with Gasteiger partial charge in [0.15, 0.2) is 17.0 Å². The largest absolute Gasteiger partial charge is 0.443 e. The number of rotatable bonds is 10. The van der Waals surface area contributed by atoms with E-state index in [9.17, 15) is 9.59 Å². The molecule has 0 bridgehead atoms. The number of carbonyl (C=O) groups is 2. The Bertz CT molecular complexity index is 1460. The zero-order chi connectivity index (χ0) is 32.2. The normalized spacial score (nSPS) is 17.7. The van der Waals surface area contributed by atoms with Gasteiger partial charge in [0.2, 0.25) is 0 Å². The van der Waals surface area contributed by atoms with Crippen LogP contribution >= 0.6 is 0 Å². The van der Waals surface area contributed by atoms with Crippen LogP contribution in [0, 0.1) is 0 Å². The van der Waals surface area contributed by atoms with E-state index in [-0.39, 0.29) is 11.1 Å². The number of carbonyl (C=O) groups excluding carboxylic acids is 2. The van der Waals surface area contributed by atoms with E-state index in [0.717, 1.165) is 0 Å². The molecule has 1 unspecified atom stereocenters. The third-order valence-corrected chi connectivity index (χ3v) is 7.91. The highest BCUT2D eigenvalue weighted by Crippen LogP contribution is 2.53. The lowest BCUT2D eigenvalue weighted by Crippen LogP contribution is -2.57. The molecule has 5 rings (SSSR count). The summed E-state index contributed by atoms with van der Waals surface area (Å²) in [6, 6.07) is 37.6. The lowest BCUT2D eigenvalue weighted by Gasteiger charge is -2.46. The maximum absolute atomic E-state index is 13.7. The second kappa shape index (κ2) is 12.7. The Balaban J connectivity index is 1.91. The molecule has 0 radical (unpaired) electrons. The molecule has 0 spiro atoms. The quantitative estimate of drug-likeness (QED) is 0.137. The van der Waals surface area contributed by atoms with E-state index in [1.165, 1.54) is 0 Å². The number of ether oxygens (including phenoxy) is 4. The molecule has 4 aromatic carbocycles. The Labute approximate surface area is 264 Å². The van der Waals surface area contributed by atoms with Crippen LogP contribution in [0.15, 0.2) is 146 Å². The van der Waals surface area contributed by atoms with E-state index >= 15 is 0 Å². The molecule has 6 nitrogen and oxygen atoms in total. The van der Waals surface area contributed by atoms with Gasteiger partial charge in [-0.05, 0) is 27.7 Å². The summed E-state index contributed by atoms with van der Waals surface area (Å²) in [5.41, 5.74) is -0.166. The first-order valence-corrected chi connectivity index (χ1v) is 14.9. The SMILES string of the molecule is C=C(C)C(=O)OC(c1ccccc1)(c1ccccc1)C1OC(C)(C)O[C@H]1C(OC(=O)C(=C)C)(c1ccccc1)c1ccccc1. The molecule has 230 valence electrons. The summed E-state index contributed by atoms with van der Waals surface area (Å²) < 4.78 is 26.9. The van der Waals surface area contributed by atoms with E-state index in [0.29, 0.717) is 22.3 Å². The molecule has 0 N–H and O–H groups in total. The first-order valence-electron chi connectivity index (χ1n) is 14.9. The number of hydrogen-bond donors (Lipinski definition) is 0. The molecule has 0 amide bonds. The van der Waals surface area contributed by atoms with Crippen molar-refractivity contribution in [2.45, 2.75) is 56.9 Å². The molecule has 1 fully saturated rings. The molecule has 0 aliphatic carbocycles. The highest BCUT2D eigenvalue weighted by atomic mass is 16.8. The highest BCUT2D eigenvalue weighted by molar-refractivity contribution is 5.88. The summed E-state index contributed by atoms with van der Waals surface area (Å²) in [6.45, 7) is 14.5. The Morgan fingerprint density at radius 3 is 1.02 bits per heavy atom. The first kappa shape index (κ1) is 31.6. The van der Waals surface area contributed by atoms with E-state index < -0.39 is 41.1 Å². The smallest absolute Gasteiger partial charge is 0.334 e. The van der Waals surface area contributed by atoms with Gasteiger partial charge in [-0.3, -0.25) is 0 Å². The molecule has 4 aromatic rings. The number of esters is 2. The fourth-order valence-electron chi connectivity index (χ4n) is 5.91. The Kier molecular flexibility index (Phi) is 8.91. The van der Waals surface area contributed by atoms with E-state index in [2.05, 4.69) is 13.2 Å². The van der Waals surface area contributed by atoms with Crippen LogP contribution in [0.1, 0.15) is 49.9 Å². The van der Waals surface area contributed by atoms with Crippen molar-refractivity contribution in [3.63, 3.8) is 0 Å². The summed E-state index contributed by atoms with van der Waals surface area (Å²) in [5, 5.41) is 0. The molecule has 1 saturated heterocycles. The van der Waals surface area contributed by atoms with Crippen LogP contribution in [-0.4, -0.2) is 29.9 Å². The summed E-state index contributed by atoms with van der Waals surface area (Å²) in [4.78, 5) is 27.3. The third kappa shape index (κ3) is 5.99. The fraction of sp³-hybridized carbons (Fsp3) is 0.231. The minimum atomic E-state index is -1.58. The van der Waals surface area contributed by atoms with Crippen molar-refractivity contribution in [3.05, 3.63) is 168 Å². The highest BCUT2D eigenvalue weighted by Gasteiger charge is 2.65. The standard InChI is InChI=1S/C39H38O6/c1-27(2)35(40)44-38(29-19-11-7-12-20-29,30-21-13-8-14-22-30)33-34(43-37(5,6)42-33)39(45-36(41)28(3)4,31-23-15-9-16-24-31)32-25-17-10-18-26-32/h7-26,33-34H,1,3H2,2,4-6H3/t33-,34?/m1/s1. The summed E-state index contributed by atoms with van der Waals surface area (Å²) >= 11 is 0. The maximum atomic E-state index is 13.7. The van der Waals surface area contributed by atoms with Crippen LogP contribution < -0.4 is 0 Å². The third-order valence-electron chi connectivity index (χ3n) is 7.91. The maximum Gasteiger partial charge on any atom is 0.334 e. The fourth-order valence-corrected chi connectivity index (χ4v) is 5.91. The molecular weight excluding hydrogens is 564 g/mol. The van der Waals surface area contributed by atoms with Crippen molar-refractivity contribution < 1.29 is 28.5 Å². The molecule has 45 heavy (non-hydrogen) atoms. The molecule has 1 aliphatic heterocycles. The minimum Gasteiger partial charge on any atom is -0.443 e. The van der Waals surface area contributed by atoms with Gasteiger partial charge in [0, 0.05) is 33.4 Å². The van der Waals surface area contributed by atoms with Crippen molar-refractivity contribution in [2.75, 3.05) is 0 Å². The van der Waals surface area contributed by atoms with E-state index in [1.54, 1.807) is 27.7 Å². The van der Waals surface area contributed by atoms with Crippen molar-refractivity contribution in [2.24, 2.45) is 0 Å². The molecule has 1 heterocycles. The summed E-state index contributed by atoms with van der Waals surface area (Å²) in [5.74, 6) is -2.43. The van der Waals surface area contributed by atoms with Gasteiger partial charge in [-0.2, -0.15) is 0 Å². The summed E-state index contributed by atoms with van der Waals surface area (Å²) in [7, 11) is 0. The Hall–Kier alpha value is -4.78. The van der Waals surface area contributed by atoms with E-state index in [1.807, 2.05) is 121 Å². The van der Waals surface area contributed by atoms with Gasteiger partial charge in [0.05, 0.1) is 0 Å². The van der Waals surface area contributed by atoms with Crippen molar-refractivity contribution in [1.82, 2.24) is 0 Å².